The maximum Gasteiger partial charge on any atom is 0.235 e. The third kappa shape index (κ3) is 1.95. The predicted octanol–water partition coefficient (Wildman–Crippen LogP) is 3.23. The minimum atomic E-state index is -0.487. The van der Waals surface area contributed by atoms with Gasteiger partial charge in [0.25, 0.3) is 0 Å². The van der Waals surface area contributed by atoms with E-state index in [0.29, 0.717) is 16.6 Å². The second-order valence-corrected chi connectivity index (χ2v) is 4.27. The summed E-state index contributed by atoms with van der Waals surface area (Å²) in [7, 11) is 0. The van der Waals surface area contributed by atoms with Gasteiger partial charge in [0, 0.05) is 17.1 Å². The number of benzene rings is 2. The third-order valence-corrected chi connectivity index (χ3v) is 3.07. The zero-order valence-electron chi connectivity index (χ0n) is 10.1. The van der Waals surface area contributed by atoms with E-state index >= 15 is 0 Å². The molecule has 0 fully saturated rings. The number of hydrogen-bond donors (Lipinski definition) is 1. The molecule has 0 aliphatic rings. The lowest BCUT2D eigenvalue weighted by molar-refractivity contribution is 0.0818. The van der Waals surface area contributed by atoms with Crippen LogP contribution in [-0.4, -0.2) is 16.6 Å². The van der Waals surface area contributed by atoms with Crippen molar-refractivity contribution < 1.29 is 9.59 Å². The van der Waals surface area contributed by atoms with Gasteiger partial charge in [-0.2, -0.15) is 0 Å². The fraction of sp³-hybridized carbons (Fsp3) is 0. The van der Waals surface area contributed by atoms with Crippen LogP contribution in [0.2, 0.25) is 0 Å². The molecule has 3 heteroatoms. The van der Waals surface area contributed by atoms with E-state index < -0.39 is 11.6 Å². The molecule has 0 spiro atoms. The number of carbonyl (C=O) groups excluding carboxylic acids is 2. The van der Waals surface area contributed by atoms with E-state index in [2.05, 4.69) is 4.98 Å². The molecule has 0 amide bonds. The summed E-state index contributed by atoms with van der Waals surface area (Å²) in [6.07, 6.45) is 1.76. The Hall–Kier alpha value is -2.68. The number of Topliss-reactive ketones (excluding diaryl/α,β-unsaturated/α-hetero) is 2. The number of aromatic nitrogens is 1. The summed E-state index contributed by atoms with van der Waals surface area (Å²) >= 11 is 0. The van der Waals surface area contributed by atoms with Gasteiger partial charge >= 0.3 is 0 Å². The smallest absolute Gasteiger partial charge is 0.235 e. The van der Waals surface area contributed by atoms with Crippen LogP contribution < -0.4 is 0 Å². The Labute approximate surface area is 109 Å². The summed E-state index contributed by atoms with van der Waals surface area (Å²) in [5.41, 5.74) is 1.53. The third-order valence-electron chi connectivity index (χ3n) is 3.07. The highest BCUT2D eigenvalue weighted by Crippen LogP contribution is 2.18. The molecular formula is C16H11NO2. The van der Waals surface area contributed by atoms with E-state index in [1.165, 1.54) is 0 Å². The monoisotopic (exact) mass is 249 g/mol. The highest BCUT2D eigenvalue weighted by Gasteiger charge is 2.20. The second kappa shape index (κ2) is 4.53. The van der Waals surface area contributed by atoms with Crippen LogP contribution in [-0.2, 0) is 0 Å². The molecule has 19 heavy (non-hydrogen) atoms. The van der Waals surface area contributed by atoms with E-state index in [-0.39, 0.29) is 0 Å². The van der Waals surface area contributed by atoms with Crippen molar-refractivity contribution in [3.8, 4) is 0 Å². The van der Waals surface area contributed by atoms with Crippen molar-refractivity contribution in [2.24, 2.45) is 0 Å². The van der Waals surface area contributed by atoms with Crippen molar-refractivity contribution in [1.29, 1.82) is 0 Å². The number of hydrogen-bond acceptors (Lipinski definition) is 2. The Bertz CT molecular complexity index is 757. The van der Waals surface area contributed by atoms with Gasteiger partial charge in [0.1, 0.15) is 0 Å². The first-order valence-corrected chi connectivity index (χ1v) is 5.97. The first kappa shape index (κ1) is 11.4. The molecule has 3 nitrogen and oxygen atoms in total. The Kier molecular flexibility index (Phi) is 2.72. The number of nitrogens with one attached hydrogen (secondary N) is 1. The maximum atomic E-state index is 12.3. The van der Waals surface area contributed by atoms with Crippen LogP contribution in [0.15, 0.2) is 60.8 Å². The molecular weight excluding hydrogens is 238 g/mol. The lowest BCUT2D eigenvalue weighted by Gasteiger charge is -2.02. The van der Waals surface area contributed by atoms with E-state index in [1.807, 2.05) is 18.2 Å². The normalized spacial score (nSPS) is 10.5. The zero-order valence-corrected chi connectivity index (χ0v) is 10.1. The van der Waals surface area contributed by atoms with Crippen molar-refractivity contribution >= 4 is 22.5 Å². The van der Waals surface area contributed by atoms with Gasteiger partial charge in [-0.25, -0.2) is 0 Å². The SMILES string of the molecule is O=C(C(=O)c1cccc2cc[nH]c12)c1ccccc1. The van der Waals surface area contributed by atoms with Crippen molar-refractivity contribution in [2.75, 3.05) is 0 Å². The molecule has 2 aromatic carbocycles. The number of para-hydroxylation sites is 1. The number of aromatic amines is 1. The number of carbonyl (C=O) groups is 2. The van der Waals surface area contributed by atoms with Crippen molar-refractivity contribution in [3.63, 3.8) is 0 Å². The lowest BCUT2D eigenvalue weighted by atomic mass is 10.00. The second-order valence-electron chi connectivity index (χ2n) is 4.27. The van der Waals surface area contributed by atoms with Crippen LogP contribution in [0, 0.1) is 0 Å². The Balaban J connectivity index is 2.05. The largest absolute Gasteiger partial charge is 0.361 e. The van der Waals surface area contributed by atoms with Crippen LogP contribution in [0.3, 0.4) is 0 Å². The molecule has 0 bridgehead atoms. The molecule has 1 aromatic heterocycles. The van der Waals surface area contributed by atoms with Crippen LogP contribution in [0.5, 0.6) is 0 Å². The Morgan fingerprint density at radius 2 is 1.58 bits per heavy atom. The van der Waals surface area contributed by atoms with Crippen LogP contribution >= 0.6 is 0 Å². The molecule has 1 heterocycles. The minimum Gasteiger partial charge on any atom is -0.361 e. The van der Waals surface area contributed by atoms with Gasteiger partial charge in [-0.3, -0.25) is 9.59 Å². The molecule has 0 atom stereocenters. The average molecular weight is 249 g/mol. The van der Waals surface area contributed by atoms with Gasteiger partial charge in [0.05, 0.1) is 11.1 Å². The maximum absolute atomic E-state index is 12.3. The average Bonchev–Trinajstić information content (AvgIpc) is 2.95. The summed E-state index contributed by atoms with van der Waals surface area (Å²) in [4.78, 5) is 27.4. The van der Waals surface area contributed by atoms with Crippen molar-refractivity contribution in [2.45, 2.75) is 0 Å². The lowest BCUT2D eigenvalue weighted by Crippen LogP contribution is -2.14. The Morgan fingerprint density at radius 1 is 0.789 bits per heavy atom. The minimum absolute atomic E-state index is 0.413. The topological polar surface area (TPSA) is 49.9 Å². The van der Waals surface area contributed by atoms with Crippen LogP contribution in [0.1, 0.15) is 20.7 Å². The Morgan fingerprint density at radius 3 is 2.37 bits per heavy atom. The van der Waals surface area contributed by atoms with Gasteiger partial charge in [-0.15, -0.1) is 0 Å². The van der Waals surface area contributed by atoms with Gasteiger partial charge in [-0.1, -0.05) is 42.5 Å². The fourth-order valence-electron chi connectivity index (χ4n) is 2.12. The summed E-state index contributed by atoms with van der Waals surface area (Å²) < 4.78 is 0. The number of H-pyrrole nitrogens is 1. The summed E-state index contributed by atoms with van der Waals surface area (Å²) in [5.74, 6) is -0.970. The molecule has 0 saturated carbocycles. The van der Waals surface area contributed by atoms with Crippen LogP contribution in [0.25, 0.3) is 10.9 Å². The molecule has 0 radical (unpaired) electrons. The highest BCUT2D eigenvalue weighted by atomic mass is 16.2. The first-order valence-electron chi connectivity index (χ1n) is 5.97. The number of ketones is 2. The molecule has 3 rings (SSSR count). The van der Waals surface area contributed by atoms with E-state index in [9.17, 15) is 9.59 Å². The van der Waals surface area contributed by atoms with Gasteiger partial charge in [0.15, 0.2) is 0 Å². The van der Waals surface area contributed by atoms with Gasteiger partial charge < -0.3 is 4.98 Å². The molecule has 0 unspecified atom stereocenters. The van der Waals surface area contributed by atoms with E-state index in [0.717, 1.165) is 5.39 Å². The number of rotatable bonds is 3. The summed E-state index contributed by atoms with van der Waals surface area (Å²) in [5, 5.41) is 0.923. The van der Waals surface area contributed by atoms with Crippen molar-refractivity contribution in [1.82, 2.24) is 4.98 Å². The van der Waals surface area contributed by atoms with E-state index in [1.54, 1.807) is 42.6 Å². The summed E-state index contributed by atoms with van der Waals surface area (Å²) in [6.45, 7) is 0. The highest BCUT2D eigenvalue weighted by molar-refractivity contribution is 6.50. The molecule has 0 aliphatic heterocycles. The van der Waals surface area contributed by atoms with Gasteiger partial charge in [0.2, 0.25) is 11.6 Å². The summed E-state index contributed by atoms with van der Waals surface area (Å²) in [6, 6.07) is 15.8. The van der Waals surface area contributed by atoms with E-state index in [4.69, 9.17) is 0 Å². The zero-order chi connectivity index (χ0) is 13.2. The molecule has 92 valence electrons. The van der Waals surface area contributed by atoms with Gasteiger partial charge in [-0.05, 0) is 12.1 Å². The molecule has 0 saturated heterocycles. The standard InChI is InChI=1S/C16H11NO2/c18-15(12-5-2-1-3-6-12)16(19)13-8-4-7-11-9-10-17-14(11)13/h1-10,17H. The first-order chi connectivity index (χ1) is 9.27. The predicted molar refractivity (Wildman–Crippen MR) is 73.4 cm³/mol. The fourth-order valence-corrected chi connectivity index (χ4v) is 2.12. The molecule has 0 aliphatic carbocycles. The van der Waals surface area contributed by atoms with Crippen LogP contribution in [0.4, 0.5) is 0 Å². The molecule has 1 N–H and O–H groups in total. The molecule has 3 aromatic rings. The quantitative estimate of drug-likeness (QED) is 0.572. The number of fused-ring (bicyclic) bond motifs is 1. The van der Waals surface area contributed by atoms with Crippen molar-refractivity contribution in [3.05, 3.63) is 71.9 Å².